The van der Waals surface area contributed by atoms with E-state index in [1.165, 1.54) is 13.3 Å². The van der Waals surface area contributed by atoms with Gasteiger partial charge in [0.25, 0.3) is 11.5 Å². The Labute approximate surface area is 174 Å². The fourth-order valence-corrected chi connectivity index (χ4v) is 2.89. The number of rotatable bonds is 8. The Hall–Kier alpha value is -3.68. The molecular weight excluding hydrogens is 384 g/mol. The predicted molar refractivity (Wildman–Crippen MR) is 115 cm³/mol. The van der Waals surface area contributed by atoms with Crippen molar-refractivity contribution in [2.45, 2.75) is 20.3 Å². The SMILES string of the molecule is CCCOc1ccc(/C=N\NC(=O)c2nn(C)c(=O)c3ccccc23)cc1OCC. The van der Waals surface area contributed by atoms with E-state index in [-0.39, 0.29) is 11.3 Å². The molecule has 8 heteroatoms. The van der Waals surface area contributed by atoms with Crippen LogP contribution in [0.15, 0.2) is 52.4 Å². The Balaban J connectivity index is 1.80. The largest absolute Gasteiger partial charge is 0.490 e. The second kappa shape index (κ2) is 9.69. The van der Waals surface area contributed by atoms with Crippen LogP contribution in [0.5, 0.6) is 11.5 Å². The number of hydrazone groups is 1. The van der Waals surface area contributed by atoms with E-state index >= 15 is 0 Å². The van der Waals surface area contributed by atoms with Crippen LogP contribution in [-0.2, 0) is 7.05 Å². The zero-order valence-electron chi connectivity index (χ0n) is 17.2. The van der Waals surface area contributed by atoms with Gasteiger partial charge in [-0.3, -0.25) is 9.59 Å². The summed E-state index contributed by atoms with van der Waals surface area (Å²) in [4.78, 5) is 24.8. The van der Waals surface area contributed by atoms with Gasteiger partial charge >= 0.3 is 0 Å². The van der Waals surface area contributed by atoms with Crippen LogP contribution in [0.2, 0.25) is 0 Å². The summed E-state index contributed by atoms with van der Waals surface area (Å²) in [5.74, 6) is 0.777. The first-order valence-electron chi connectivity index (χ1n) is 9.74. The number of amides is 1. The van der Waals surface area contributed by atoms with E-state index in [1.54, 1.807) is 30.3 Å². The number of carbonyl (C=O) groups is 1. The Morgan fingerprint density at radius 2 is 1.90 bits per heavy atom. The summed E-state index contributed by atoms with van der Waals surface area (Å²) in [7, 11) is 1.51. The summed E-state index contributed by atoms with van der Waals surface area (Å²) < 4.78 is 12.5. The molecule has 3 aromatic rings. The van der Waals surface area contributed by atoms with Gasteiger partial charge in [-0.2, -0.15) is 10.2 Å². The van der Waals surface area contributed by atoms with Gasteiger partial charge in [0, 0.05) is 12.4 Å². The third-order valence-electron chi connectivity index (χ3n) is 4.28. The molecule has 30 heavy (non-hydrogen) atoms. The summed E-state index contributed by atoms with van der Waals surface area (Å²) in [6.45, 7) is 5.04. The maximum absolute atomic E-state index is 12.6. The number of aromatic nitrogens is 2. The molecule has 0 atom stereocenters. The van der Waals surface area contributed by atoms with Gasteiger partial charge < -0.3 is 9.47 Å². The van der Waals surface area contributed by atoms with Crippen LogP contribution in [0.1, 0.15) is 36.3 Å². The minimum atomic E-state index is -0.508. The molecule has 0 saturated carbocycles. The van der Waals surface area contributed by atoms with E-state index in [9.17, 15) is 9.59 Å². The highest BCUT2D eigenvalue weighted by Gasteiger charge is 2.15. The zero-order valence-corrected chi connectivity index (χ0v) is 17.2. The van der Waals surface area contributed by atoms with Crippen LogP contribution >= 0.6 is 0 Å². The van der Waals surface area contributed by atoms with Crippen molar-refractivity contribution >= 4 is 22.9 Å². The van der Waals surface area contributed by atoms with E-state index < -0.39 is 5.91 Å². The standard InChI is InChI=1S/C22H24N4O4/c1-4-12-30-18-11-10-15(13-19(18)29-5-2)14-23-24-21(27)20-16-8-6-7-9-17(16)22(28)26(3)25-20/h6-11,13-14H,4-5,12H2,1-3H3,(H,24,27)/b23-14-. The van der Waals surface area contributed by atoms with Gasteiger partial charge in [0.05, 0.1) is 24.8 Å². The first-order chi connectivity index (χ1) is 14.5. The molecule has 0 saturated heterocycles. The van der Waals surface area contributed by atoms with Crippen molar-refractivity contribution in [2.24, 2.45) is 12.1 Å². The van der Waals surface area contributed by atoms with E-state index in [1.807, 2.05) is 26.0 Å². The lowest BCUT2D eigenvalue weighted by Gasteiger charge is -2.11. The molecule has 0 fully saturated rings. The van der Waals surface area contributed by atoms with Crippen LogP contribution in [0.25, 0.3) is 10.8 Å². The van der Waals surface area contributed by atoms with Gasteiger partial charge in [0.2, 0.25) is 0 Å². The first-order valence-corrected chi connectivity index (χ1v) is 9.74. The molecule has 1 amide bonds. The minimum Gasteiger partial charge on any atom is -0.490 e. The van der Waals surface area contributed by atoms with Gasteiger partial charge in [0.15, 0.2) is 17.2 Å². The molecule has 0 aliphatic heterocycles. The summed E-state index contributed by atoms with van der Waals surface area (Å²) in [6.07, 6.45) is 2.41. The van der Waals surface area contributed by atoms with E-state index in [2.05, 4.69) is 15.6 Å². The first kappa shape index (κ1) is 21.0. The summed E-state index contributed by atoms with van der Waals surface area (Å²) >= 11 is 0. The summed E-state index contributed by atoms with van der Waals surface area (Å²) in [6, 6.07) is 12.3. The summed E-state index contributed by atoms with van der Waals surface area (Å²) in [5, 5.41) is 9.01. The highest BCUT2D eigenvalue weighted by atomic mass is 16.5. The van der Waals surface area contributed by atoms with Crippen molar-refractivity contribution in [3.8, 4) is 11.5 Å². The Kier molecular flexibility index (Phi) is 6.79. The quantitative estimate of drug-likeness (QED) is 0.457. The Morgan fingerprint density at radius 1 is 1.13 bits per heavy atom. The number of fused-ring (bicyclic) bond motifs is 1. The number of benzene rings is 2. The van der Waals surface area contributed by atoms with Crippen LogP contribution in [0.3, 0.4) is 0 Å². The fourth-order valence-electron chi connectivity index (χ4n) is 2.89. The molecule has 2 aromatic carbocycles. The number of hydrogen-bond donors (Lipinski definition) is 1. The highest BCUT2D eigenvalue weighted by Crippen LogP contribution is 2.28. The number of carbonyl (C=O) groups excluding carboxylic acids is 1. The van der Waals surface area contributed by atoms with Gasteiger partial charge in [-0.15, -0.1) is 0 Å². The number of nitrogens with one attached hydrogen (secondary N) is 1. The second-order valence-corrected chi connectivity index (χ2v) is 6.51. The lowest BCUT2D eigenvalue weighted by molar-refractivity contribution is 0.0950. The molecule has 0 radical (unpaired) electrons. The molecule has 1 N–H and O–H groups in total. The van der Waals surface area contributed by atoms with E-state index in [4.69, 9.17) is 9.47 Å². The van der Waals surface area contributed by atoms with E-state index in [0.717, 1.165) is 16.7 Å². The maximum Gasteiger partial charge on any atom is 0.292 e. The summed E-state index contributed by atoms with van der Waals surface area (Å²) in [5.41, 5.74) is 3.07. The molecule has 8 nitrogen and oxygen atoms in total. The maximum atomic E-state index is 12.6. The normalized spacial score (nSPS) is 11.0. The molecule has 0 unspecified atom stereocenters. The molecule has 0 spiro atoms. The third-order valence-corrected chi connectivity index (χ3v) is 4.28. The molecular formula is C22H24N4O4. The lowest BCUT2D eigenvalue weighted by atomic mass is 10.1. The van der Waals surface area contributed by atoms with Crippen molar-refractivity contribution in [3.05, 3.63) is 64.1 Å². The monoisotopic (exact) mass is 408 g/mol. The minimum absolute atomic E-state index is 0.128. The zero-order chi connectivity index (χ0) is 21.5. The van der Waals surface area contributed by atoms with Gasteiger partial charge in [-0.05, 0) is 43.2 Å². The molecule has 0 bridgehead atoms. The van der Waals surface area contributed by atoms with Gasteiger partial charge in [-0.25, -0.2) is 10.1 Å². The van der Waals surface area contributed by atoms with Crippen LogP contribution in [0.4, 0.5) is 0 Å². The number of nitrogens with zero attached hydrogens (tertiary/aromatic N) is 3. The predicted octanol–water partition coefficient (Wildman–Crippen LogP) is 2.88. The molecule has 0 aliphatic rings. The number of aryl methyl sites for hydroxylation is 1. The molecule has 156 valence electrons. The van der Waals surface area contributed by atoms with Crippen molar-refractivity contribution in [2.75, 3.05) is 13.2 Å². The molecule has 3 rings (SSSR count). The van der Waals surface area contributed by atoms with Crippen molar-refractivity contribution in [1.29, 1.82) is 0 Å². The van der Waals surface area contributed by atoms with Crippen LogP contribution in [0, 0.1) is 0 Å². The molecule has 1 heterocycles. The van der Waals surface area contributed by atoms with Crippen molar-refractivity contribution < 1.29 is 14.3 Å². The molecule has 1 aromatic heterocycles. The van der Waals surface area contributed by atoms with Crippen LogP contribution in [-0.4, -0.2) is 35.1 Å². The third kappa shape index (κ3) is 4.65. The van der Waals surface area contributed by atoms with Gasteiger partial charge in [-0.1, -0.05) is 25.1 Å². The second-order valence-electron chi connectivity index (χ2n) is 6.51. The average Bonchev–Trinajstić information content (AvgIpc) is 2.76. The van der Waals surface area contributed by atoms with E-state index in [0.29, 0.717) is 35.5 Å². The molecule has 0 aliphatic carbocycles. The topological polar surface area (TPSA) is 94.8 Å². The lowest BCUT2D eigenvalue weighted by Crippen LogP contribution is -2.27. The van der Waals surface area contributed by atoms with Crippen molar-refractivity contribution in [1.82, 2.24) is 15.2 Å². The highest BCUT2D eigenvalue weighted by molar-refractivity contribution is 6.04. The Bertz CT molecular complexity index is 1140. The Morgan fingerprint density at radius 3 is 2.63 bits per heavy atom. The van der Waals surface area contributed by atoms with Crippen LogP contribution < -0.4 is 20.5 Å². The van der Waals surface area contributed by atoms with Crippen molar-refractivity contribution in [3.63, 3.8) is 0 Å². The number of hydrogen-bond acceptors (Lipinski definition) is 6. The number of ether oxygens (including phenoxy) is 2. The average molecular weight is 408 g/mol. The fraction of sp³-hybridized carbons (Fsp3) is 0.273. The smallest absolute Gasteiger partial charge is 0.292 e. The van der Waals surface area contributed by atoms with Gasteiger partial charge in [0.1, 0.15) is 0 Å².